The van der Waals surface area contributed by atoms with E-state index in [1.807, 2.05) is 27.0 Å². The van der Waals surface area contributed by atoms with Crippen LogP contribution in [0.4, 0.5) is 24.8 Å². The van der Waals surface area contributed by atoms with Gasteiger partial charge in [-0.05, 0) is 90.0 Å². The van der Waals surface area contributed by atoms with E-state index in [1.54, 1.807) is 41.2 Å². The summed E-state index contributed by atoms with van der Waals surface area (Å²) in [5, 5.41) is 21.3. The van der Waals surface area contributed by atoms with Crippen LogP contribution < -0.4 is 10.2 Å². The number of carbonyl (C=O) groups excluding carboxylic acids is 1. The Morgan fingerprint density at radius 1 is 1.10 bits per heavy atom. The molecule has 254 valence electrons. The molecule has 0 atom stereocenters. The largest absolute Gasteiger partial charge is 0.416 e. The second-order valence-electron chi connectivity index (χ2n) is 13.9. The highest BCUT2D eigenvalue weighted by molar-refractivity contribution is 6.10. The topological polar surface area (TPSA) is 112 Å². The second kappa shape index (κ2) is 12.6. The Labute approximate surface area is 282 Å². The number of fused-ring (bicyclic) bond motifs is 1. The van der Waals surface area contributed by atoms with E-state index in [1.165, 1.54) is 11.0 Å². The number of aryl methyl sites for hydroxylation is 1. The van der Waals surface area contributed by atoms with Gasteiger partial charge in [0.1, 0.15) is 18.0 Å². The maximum atomic E-state index is 14.6. The van der Waals surface area contributed by atoms with E-state index in [-0.39, 0.29) is 34.8 Å². The van der Waals surface area contributed by atoms with Crippen molar-refractivity contribution in [2.75, 3.05) is 43.1 Å². The molecule has 10 nitrogen and oxygen atoms in total. The summed E-state index contributed by atoms with van der Waals surface area (Å²) in [6.07, 6.45) is -1.07. The van der Waals surface area contributed by atoms with Gasteiger partial charge in [-0.15, -0.1) is 10.2 Å². The van der Waals surface area contributed by atoms with Crippen molar-refractivity contribution >= 4 is 17.5 Å². The van der Waals surface area contributed by atoms with E-state index >= 15 is 0 Å². The quantitative estimate of drug-likeness (QED) is 0.233. The molecule has 2 aromatic carbocycles. The van der Waals surface area contributed by atoms with E-state index < -0.39 is 17.6 Å². The first-order chi connectivity index (χ1) is 23.4. The first-order valence-electron chi connectivity index (χ1n) is 16.4. The number of hydrogen-bond acceptors (Lipinski definition) is 8. The molecule has 4 aromatic rings. The Morgan fingerprint density at radius 2 is 1.92 bits per heavy atom. The zero-order chi connectivity index (χ0) is 34.5. The van der Waals surface area contributed by atoms with Crippen LogP contribution in [0.5, 0.6) is 0 Å². The number of carbonyl (C=O) groups is 1. The van der Waals surface area contributed by atoms with Gasteiger partial charge in [0.2, 0.25) is 0 Å². The minimum absolute atomic E-state index is 0.0404. The fraction of sp³-hybridized carbons (Fsp3) is 0.417. The summed E-state index contributed by atoms with van der Waals surface area (Å²) < 4.78 is 51.1. The van der Waals surface area contributed by atoms with E-state index in [2.05, 4.69) is 26.5 Å². The SMILES string of the molecule is CC(C)CNc1cc(-c2cc(C#N)ccc2-c2nncn2C)cc(N2Cc3c(cc(CN4CCCC5(COC5)C4)cc3C(F)(F)F)C2=O)n1. The van der Waals surface area contributed by atoms with Gasteiger partial charge in [0, 0.05) is 43.2 Å². The standard InChI is InChI=1S/C36H37F3N8O2/c1-22(2)15-41-31-12-25(27-9-23(14-40)5-6-26(27)33-44-42-21-45(33)3)13-32(43-31)47-17-29-28(34(47)48)10-24(11-30(29)36(37,38)39)16-46-8-4-7-35(18-46)19-49-20-35/h5-6,9-13,21-22H,4,7-8,15-20H2,1-3H3,(H,41,43). The van der Waals surface area contributed by atoms with Gasteiger partial charge in [-0.1, -0.05) is 13.8 Å². The van der Waals surface area contributed by atoms with Crippen LogP contribution in [0, 0.1) is 22.7 Å². The smallest absolute Gasteiger partial charge is 0.380 e. The molecule has 0 radical (unpaired) electrons. The van der Waals surface area contributed by atoms with Gasteiger partial charge < -0.3 is 14.6 Å². The maximum Gasteiger partial charge on any atom is 0.416 e. The third-order valence-electron chi connectivity index (χ3n) is 9.56. The van der Waals surface area contributed by atoms with E-state index in [0.717, 1.165) is 25.9 Å². The average molecular weight is 671 g/mol. The van der Waals surface area contributed by atoms with Crippen molar-refractivity contribution in [3.05, 3.63) is 76.6 Å². The molecule has 2 saturated heterocycles. The van der Waals surface area contributed by atoms with Crippen LogP contribution in [0.2, 0.25) is 0 Å². The zero-order valence-electron chi connectivity index (χ0n) is 27.6. The number of rotatable bonds is 8. The molecule has 13 heteroatoms. The first kappa shape index (κ1) is 32.7. The van der Waals surface area contributed by atoms with Gasteiger partial charge in [0.25, 0.3) is 5.91 Å². The predicted octanol–water partition coefficient (Wildman–Crippen LogP) is 6.28. The van der Waals surface area contributed by atoms with E-state index in [9.17, 15) is 23.2 Å². The van der Waals surface area contributed by atoms with Crippen LogP contribution in [0.3, 0.4) is 0 Å². The normalized spacial score (nSPS) is 17.3. The molecule has 3 aliphatic heterocycles. The number of alkyl halides is 3. The molecule has 1 N–H and O–H groups in total. The van der Waals surface area contributed by atoms with E-state index in [0.29, 0.717) is 65.8 Å². The number of likely N-dealkylation sites (tertiary alicyclic amines) is 1. The number of benzene rings is 2. The molecule has 2 aromatic heterocycles. The average Bonchev–Trinajstić information content (AvgIpc) is 3.64. The van der Waals surface area contributed by atoms with Crippen LogP contribution in [-0.2, 0) is 31.1 Å². The van der Waals surface area contributed by atoms with Crippen LogP contribution in [0.1, 0.15) is 59.3 Å². The Kier molecular flexibility index (Phi) is 8.40. The van der Waals surface area contributed by atoms with Crippen LogP contribution in [0.25, 0.3) is 22.5 Å². The van der Waals surface area contributed by atoms with Crippen LogP contribution >= 0.6 is 0 Å². The number of nitrogens with zero attached hydrogens (tertiary/aromatic N) is 7. The summed E-state index contributed by atoms with van der Waals surface area (Å²) in [5.41, 5.74) is 2.09. The number of aromatic nitrogens is 4. The number of anilines is 2. The minimum Gasteiger partial charge on any atom is -0.380 e. The Morgan fingerprint density at radius 3 is 2.59 bits per heavy atom. The molecular weight excluding hydrogens is 633 g/mol. The van der Waals surface area contributed by atoms with Crippen LogP contribution in [0.15, 0.2) is 48.8 Å². The Bertz CT molecular complexity index is 1960. The highest BCUT2D eigenvalue weighted by atomic mass is 19.4. The summed E-state index contributed by atoms with van der Waals surface area (Å²) in [7, 11) is 1.81. The van der Waals surface area contributed by atoms with Gasteiger partial charge in [-0.25, -0.2) is 4.98 Å². The molecule has 5 heterocycles. The number of nitriles is 1. The lowest BCUT2D eigenvalue weighted by Crippen LogP contribution is -2.53. The number of pyridine rings is 1. The van der Waals surface area contributed by atoms with Gasteiger partial charge in [0.15, 0.2) is 5.82 Å². The molecule has 0 unspecified atom stereocenters. The lowest BCUT2D eigenvalue weighted by Gasteiger charge is -2.48. The van der Waals surface area contributed by atoms with Crippen LogP contribution in [-0.4, -0.2) is 63.4 Å². The monoisotopic (exact) mass is 670 g/mol. The van der Waals surface area contributed by atoms with E-state index in [4.69, 9.17) is 9.72 Å². The number of halogens is 3. The van der Waals surface area contributed by atoms with Crippen molar-refractivity contribution < 1.29 is 22.7 Å². The number of amides is 1. The van der Waals surface area contributed by atoms with Gasteiger partial charge in [0.05, 0.1) is 37.0 Å². The number of nitrogens with one attached hydrogen (secondary N) is 1. The highest BCUT2D eigenvalue weighted by Gasteiger charge is 2.43. The van der Waals surface area contributed by atoms with Crippen molar-refractivity contribution in [3.8, 4) is 28.6 Å². The fourth-order valence-corrected chi connectivity index (χ4v) is 7.11. The van der Waals surface area contributed by atoms with Gasteiger partial charge >= 0.3 is 6.18 Å². The molecule has 1 spiro atoms. The summed E-state index contributed by atoms with van der Waals surface area (Å²) in [6.45, 7) is 7.60. The Balaban J connectivity index is 1.29. The fourth-order valence-electron chi connectivity index (χ4n) is 7.11. The molecule has 3 aliphatic rings. The lowest BCUT2D eigenvalue weighted by atomic mass is 9.78. The third kappa shape index (κ3) is 6.38. The summed E-state index contributed by atoms with van der Waals surface area (Å²) in [6, 6.07) is 13.7. The first-order valence-corrected chi connectivity index (χ1v) is 16.4. The van der Waals surface area contributed by atoms with Crippen molar-refractivity contribution in [1.82, 2.24) is 24.6 Å². The lowest BCUT2D eigenvalue weighted by molar-refractivity contribution is -0.145. The highest BCUT2D eigenvalue weighted by Crippen LogP contribution is 2.42. The molecule has 0 saturated carbocycles. The molecular formula is C36H37F3N8O2. The number of piperidine rings is 1. The maximum absolute atomic E-state index is 14.6. The minimum atomic E-state index is -4.65. The van der Waals surface area contributed by atoms with Crippen molar-refractivity contribution in [3.63, 3.8) is 0 Å². The van der Waals surface area contributed by atoms with Gasteiger partial charge in [-0.3, -0.25) is 14.6 Å². The molecule has 1 amide bonds. The molecule has 7 rings (SSSR count). The summed E-state index contributed by atoms with van der Waals surface area (Å²) >= 11 is 0. The number of ether oxygens (including phenoxy) is 1. The second-order valence-corrected chi connectivity index (χ2v) is 13.9. The molecule has 2 fully saturated rings. The predicted molar refractivity (Wildman–Crippen MR) is 177 cm³/mol. The van der Waals surface area contributed by atoms with Crippen molar-refractivity contribution in [1.29, 1.82) is 5.26 Å². The van der Waals surface area contributed by atoms with Crippen molar-refractivity contribution in [2.24, 2.45) is 18.4 Å². The molecule has 0 aliphatic carbocycles. The van der Waals surface area contributed by atoms with Crippen molar-refractivity contribution in [2.45, 2.75) is 46.0 Å². The zero-order valence-corrected chi connectivity index (χ0v) is 27.6. The molecule has 0 bridgehead atoms. The number of hydrogen-bond donors (Lipinski definition) is 1. The Hall–Kier alpha value is -4.80. The summed E-state index contributed by atoms with van der Waals surface area (Å²) in [5.74, 6) is 0.942. The van der Waals surface area contributed by atoms with Gasteiger partial charge in [-0.2, -0.15) is 18.4 Å². The molecule has 49 heavy (non-hydrogen) atoms. The third-order valence-corrected chi connectivity index (χ3v) is 9.56. The summed E-state index contributed by atoms with van der Waals surface area (Å²) in [4.78, 5) is 22.3.